The van der Waals surface area contributed by atoms with Crippen LogP contribution in [0.5, 0.6) is 0 Å². The van der Waals surface area contributed by atoms with E-state index in [4.69, 9.17) is 11.6 Å². The summed E-state index contributed by atoms with van der Waals surface area (Å²) in [6.45, 7) is 1.97. The third-order valence-electron chi connectivity index (χ3n) is 2.68. The Hall–Kier alpha value is -2.14. The molecule has 20 heavy (non-hydrogen) atoms. The van der Waals surface area contributed by atoms with Crippen molar-refractivity contribution < 1.29 is 9.18 Å². The highest BCUT2D eigenvalue weighted by Gasteiger charge is 2.06. The van der Waals surface area contributed by atoms with Crippen LogP contribution in [0.4, 0.5) is 14.9 Å². The fraction of sp³-hybridized carbons (Fsp3) is 0.143. The number of carbonyl (C=O) groups is 1. The summed E-state index contributed by atoms with van der Waals surface area (Å²) in [5, 5.41) is 5.47. The van der Waals surface area contributed by atoms with E-state index in [0.29, 0.717) is 17.8 Å². The summed E-state index contributed by atoms with van der Waals surface area (Å²) in [6, 6.07) is 7.61. The Morgan fingerprint density at radius 1 is 1.40 bits per heavy atom. The molecule has 1 aromatic heterocycles. The highest BCUT2D eigenvalue weighted by molar-refractivity contribution is 6.32. The van der Waals surface area contributed by atoms with Crippen molar-refractivity contribution in [1.82, 2.24) is 10.3 Å². The quantitative estimate of drug-likeness (QED) is 0.851. The number of halogens is 2. The van der Waals surface area contributed by atoms with Gasteiger partial charge in [0.05, 0.1) is 5.69 Å². The lowest BCUT2D eigenvalue weighted by molar-refractivity contribution is 0.251. The summed E-state index contributed by atoms with van der Waals surface area (Å²) in [4.78, 5) is 15.6. The summed E-state index contributed by atoms with van der Waals surface area (Å²) in [7, 11) is 0. The van der Waals surface area contributed by atoms with Crippen LogP contribution in [0.15, 0.2) is 36.5 Å². The van der Waals surface area contributed by atoms with Gasteiger partial charge in [0, 0.05) is 12.7 Å². The monoisotopic (exact) mass is 293 g/mol. The lowest BCUT2D eigenvalue weighted by atomic mass is 10.1. The molecule has 0 radical (unpaired) electrons. The molecular weight excluding hydrogens is 281 g/mol. The number of hydrogen-bond donors (Lipinski definition) is 2. The first kappa shape index (κ1) is 14.3. The Morgan fingerprint density at radius 3 is 2.90 bits per heavy atom. The van der Waals surface area contributed by atoms with Crippen molar-refractivity contribution in [3.8, 4) is 0 Å². The van der Waals surface area contributed by atoms with Crippen LogP contribution in [0.3, 0.4) is 0 Å². The largest absolute Gasteiger partial charge is 0.334 e. The summed E-state index contributed by atoms with van der Waals surface area (Å²) >= 11 is 5.83. The molecule has 0 saturated heterocycles. The molecule has 0 aliphatic carbocycles. The molecule has 2 rings (SSSR count). The number of nitrogens with zero attached hydrogens (tertiary/aromatic N) is 1. The standard InChI is InChI=1S/C14H13ClFN3O/c1-9-7-10(4-5-11(9)16)8-18-14(20)19-12-3-2-6-17-13(12)15/h2-7H,8H2,1H3,(H2,18,19,20). The number of benzene rings is 1. The van der Waals surface area contributed by atoms with E-state index in [0.717, 1.165) is 5.56 Å². The molecule has 0 aliphatic rings. The first-order valence-corrected chi connectivity index (χ1v) is 6.34. The molecule has 4 nitrogen and oxygen atoms in total. The van der Waals surface area contributed by atoms with Gasteiger partial charge in [-0.2, -0.15) is 0 Å². The number of amides is 2. The molecule has 0 aliphatic heterocycles. The first-order valence-electron chi connectivity index (χ1n) is 5.96. The normalized spacial score (nSPS) is 10.2. The zero-order valence-electron chi connectivity index (χ0n) is 10.8. The molecule has 0 fully saturated rings. The zero-order valence-corrected chi connectivity index (χ0v) is 11.5. The fourth-order valence-electron chi connectivity index (χ4n) is 1.64. The van der Waals surface area contributed by atoms with Crippen molar-refractivity contribution in [3.05, 3.63) is 58.6 Å². The van der Waals surface area contributed by atoms with Crippen LogP contribution in [0.2, 0.25) is 5.15 Å². The van der Waals surface area contributed by atoms with Crippen molar-refractivity contribution in [2.24, 2.45) is 0 Å². The number of pyridine rings is 1. The highest BCUT2D eigenvalue weighted by atomic mass is 35.5. The van der Waals surface area contributed by atoms with Crippen molar-refractivity contribution in [3.63, 3.8) is 0 Å². The lowest BCUT2D eigenvalue weighted by Gasteiger charge is -2.09. The van der Waals surface area contributed by atoms with Crippen molar-refractivity contribution >= 4 is 23.3 Å². The molecule has 0 unspecified atom stereocenters. The van der Waals surface area contributed by atoms with Crippen LogP contribution >= 0.6 is 11.6 Å². The van der Waals surface area contributed by atoms with Crippen LogP contribution in [0, 0.1) is 12.7 Å². The number of rotatable bonds is 3. The Kier molecular flexibility index (Phi) is 4.53. The van der Waals surface area contributed by atoms with Crippen molar-refractivity contribution in [2.75, 3.05) is 5.32 Å². The van der Waals surface area contributed by atoms with Gasteiger partial charge in [0.15, 0.2) is 5.15 Å². The first-order chi connectivity index (χ1) is 9.56. The summed E-state index contributed by atoms with van der Waals surface area (Å²) in [5.41, 5.74) is 1.79. The summed E-state index contributed by atoms with van der Waals surface area (Å²) < 4.78 is 13.1. The molecule has 1 heterocycles. The van der Waals surface area contributed by atoms with E-state index in [1.54, 1.807) is 31.2 Å². The Labute approximate surface area is 121 Å². The van der Waals surface area contributed by atoms with Crippen LogP contribution in [0.25, 0.3) is 0 Å². The fourth-order valence-corrected chi connectivity index (χ4v) is 1.81. The Bertz CT molecular complexity index is 634. The van der Waals surface area contributed by atoms with Gasteiger partial charge in [-0.25, -0.2) is 14.2 Å². The minimum Gasteiger partial charge on any atom is -0.334 e. The molecule has 104 valence electrons. The van der Waals surface area contributed by atoms with Gasteiger partial charge < -0.3 is 10.6 Å². The predicted molar refractivity (Wildman–Crippen MR) is 76.2 cm³/mol. The molecule has 0 saturated carbocycles. The second-order valence-corrected chi connectivity index (χ2v) is 4.59. The SMILES string of the molecule is Cc1cc(CNC(=O)Nc2cccnc2Cl)ccc1F. The number of aromatic nitrogens is 1. The van der Waals surface area contributed by atoms with Gasteiger partial charge in [0.2, 0.25) is 0 Å². The average molecular weight is 294 g/mol. The maximum absolute atomic E-state index is 13.1. The molecule has 2 aromatic rings. The van der Waals surface area contributed by atoms with E-state index in [-0.39, 0.29) is 11.0 Å². The van der Waals surface area contributed by atoms with E-state index < -0.39 is 6.03 Å². The minimum absolute atomic E-state index is 0.222. The van der Waals surface area contributed by atoms with Gasteiger partial charge in [0.1, 0.15) is 5.82 Å². The summed E-state index contributed by atoms with van der Waals surface area (Å²) in [6.07, 6.45) is 1.53. The molecule has 0 spiro atoms. The minimum atomic E-state index is -0.401. The third-order valence-corrected chi connectivity index (χ3v) is 2.98. The Balaban J connectivity index is 1.92. The van der Waals surface area contributed by atoms with Gasteiger partial charge in [-0.1, -0.05) is 23.7 Å². The van der Waals surface area contributed by atoms with Crippen molar-refractivity contribution in [1.29, 1.82) is 0 Å². The van der Waals surface area contributed by atoms with Crippen LogP contribution in [0.1, 0.15) is 11.1 Å². The van der Waals surface area contributed by atoms with Crippen molar-refractivity contribution in [2.45, 2.75) is 13.5 Å². The van der Waals surface area contributed by atoms with Crippen LogP contribution in [-0.2, 0) is 6.54 Å². The molecule has 0 bridgehead atoms. The van der Waals surface area contributed by atoms with Crippen LogP contribution < -0.4 is 10.6 Å². The molecule has 6 heteroatoms. The zero-order chi connectivity index (χ0) is 14.5. The van der Waals surface area contributed by atoms with Gasteiger partial charge in [-0.05, 0) is 36.2 Å². The number of hydrogen-bond acceptors (Lipinski definition) is 2. The molecule has 0 atom stereocenters. The van der Waals surface area contributed by atoms with E-state index >= 15 is 0 Å². The molecule has 1 aromatic carbocycles. The number of carbonyl (C=O) groups excluding carboxylic acids is 1. The Morgan fingerprint density at radius 2 is 2.20 bits per heavy atom. The van der Waals surface area contributed by atoms with Gasteiger partial charge in [0.25, 0.3) is 0 Å². The summed E-state index contributed by atoms with van der Waals surface area (Å²) in [5.74, 6) is -0.264. The van der Waals surface area contributed by atoms with Gasteiger partial charge in [-0.15, -0.1) is 0 Å². The number of nitrogens with one attached hydrogen (secondary N) is 2. The van der Waals surface area contributed by atoms with E-state index in [1.165, 1.54) is 12.3 Å². The maximum Gasteiger partial charge on any atom is 0.319 e. The number of aryl methyl sites for hydroxylation is 1. The highest BCUT2D eigenvalue weighted by Crippen LogP contribution is 2.17. The third kappa shape index (κ3) is 3.68. The van der Waals surface area contributed by atoms with E-state index in [2.05, 4.69) is 15.6 Å². The van der Waals surface area contributed by atoms with Crippen LogP contribution in [-0.4, -0.2) is 11.0 Å². The van der Waals surface area contributed by atoms with E-state index in [9.17, 15) is 9.18 Å². The average Bonchev–Trinajstić information content (AvgIpc) is 2.43. The van der Waals surface area contributed by atoms with E-state index in [1.807, 2.05) is 0 Å². The smallest absolute Gasteiger partial charge is 0.319 e. The second kappa shape index (κ2) is 6.34. The maximum atomic E-state index is 13.1. The molecular formula is C14H13ClFN3O. The number of urea groups is 1. The predicted octanol–water partition coefficient (Wildman–Crippen LogP) is 3.50. The molecule has 2 N–H and O–H groups in total. The number of anilines is 1. The lowest BCUT2D eigenvalue weighted by Crippen LogP contribution is -2.28. The van der Waals surface area contributed by atoms with Gasteiger partial charge in [-0.3, -0.25) is 0 Å². The topological polar surface area (TPSA) is 54.0 Å². The second-order valence-electron chi connectivity index (χ2n) is 4.23. The van der Waals surface area contributed by atoms with Gasteiger partial charge >= 0.3 is 6.03 Å². The molecule has 2 amide bonds.